The second kappa shape index (κ2) is 12.2. The summed E-state index contributed by atoms with van der Waals surface area (Å²) in [6.45, 7) is 5.53. The van der Waals surface area contributed by atoms with Crippen molar-refractivity contribution in [3.8, 4) is 5.75 Å². The van der Waals surface area contributed by atoms with E-state index in [1.54, 1.807) is 17.0 Å². The molecule has 7 nitrogen and oxygen atoms in total. The molecule has 1 fully saturated rings. The molecule has 2 aromatic rings. The molecule has 0 unspecified atom stereocenters. The Balaban J connectivity index is 0.00000385. The quantitative estimate of drug-likeness (QED) is 0.440. The number of nitrogens with zero attached hydrogens (tertiary/aromatic N) is 2. The van der Waals surface area contributed by atoms with Gasteiger partial charge >= 0.3 is 37.7 Å². The van der Waals surface area contributed by atoms with Gasteiger partial charge < -0.3 is 12.5 Å². The maximum atomic E-state index is 13.1. The summed E-state index contributed by atoms with van der Waals surface area (Å²) in [6, 6.07) is 10.8. The average molecular weight is 527 g/mol. The van der Waals surface area contributed by atoms with Crippen LogP contribution in [0.4, 0.5) is 4.39 Å². The molecule has 2 atom stereocenters. The molecule has 1 aliphatic rings. The third-order valence-electron chi connectivity index (χ3n) is 5.45. The molecule has 0 aromatic heterocycles. The zero-order valence-corrected chi connectivity index (χ0v) is 22.4. The molecule has 1 heterocycles. The summed E-state index contributed by atoms with van der Waals surface area (Å²) in [5.41, 5.74) is 1.18. The van der Waals surface area contributed by atoms with Crippen molar-refractivity contribution in [2.75, 3.05) is 19.7 Å². The van der Waals surface area contributed by atoms with E-state index in [9.17, 15) is 17.6 Å². The monoisotopic (exact) mass is 526 g/mol. The van der Waals surface area contributed by atoms with Gasteiger partial charge in [-0.3, -0.25) is 14.2 Å². The molecular formula is C22H28CaClFN2O5S. The number of ether oxygens (including phenoxy) is 1. The summed E-state index contributed by atoms with van der Waals surface area (Å²) in [5.74, 6) is -0.979. The fourth-order valence-electron chi connectivity index (χ4n) is 3.81. The Hall–Kier alpha value is -0.940. The number of benzene rings is 2. The van der Waals surface area contributed by atoms with Crippen LogP contribution in [-0.2, 0) is 27.2 Å². The zero-order valence-electron chi connectivity index (χ0n) is 20.6. The van der Waals surface area contributed by atoms with Crippen molar-refractivity contribution in [2.45, 2.75) is 38.2 Å². The van der Waals surface area contributed by atoms with Crippen LogP contribution in [0, 0.1) is 5.82 Å². The SMILES string of the molecule is C[C@@H]1CN(Cc2ccc(F)cc2)[C@@H](C)CN1C(=O)COc1ccc(Cl)cc1CS(=O)(=O)O.[Ca+2].[H-].[H-]. The summed E-state index contributed by atoms with van der Waals surface area (Å²) >= 11 is 5.91. The zero-order chi connectivity index (χ0) is 23.5. The third-order valence-corrected chi connectivity index (χ3v) is 6.36. The fraction of sp³-hybridized carbons (Fsp3) is 0.409. The number of rotatable bonds is 7. The summed E-state index contributed by atoms with van der Waals surface area (Å²) in [5, 5.41) is 0.294. The molecule has 3 rings (SSSR count). The van der Waals surface area contributed by atoms with Crippen LogP contribution in [0.15, 0.2) is 42.5 Å². The van der Waals surface area contributed by atoms with Gasteiger partial charge in [-0.2, -0.15) is 8.42 Å². The first kappa shape index (κ1) is 28.3. The van der Waals surface area contributed by atoms with Crippen molar-refractivity contribution in [3.63, 3.8) is 0 Å². The second-order valence-corrected chi connectivity index (χ2v) is 9.96. The molecule has 33 heavy (non-hydrogen) atoms. The summed E-state index contributed by atoms with van der Waals surface area (Å²) in [4.78, 5) is 16.8. The van der Waals surface area contributed by atoms with E-state index in [-0.39, 0.29) is 82.3 Å². The maximum Gasteiger partial charge on any atom is 2.00 e. The van der Waals surface area contributed by atoms with Crippen LogP contribution < -0.4 is 4.74 Å². The number of hydrogen-bond donors (Lipinski definition) is 1. The molecule has 0 aliphatic carbocycles. The first-order valence-electron chi connectivity index (χ1n) is 10.2. The van der Waals surface area contributed by atoms with E-state index in [1.165, 1.54) is 30.3 Å². The molecule has 2 aromatic carbocycles. The van der Waals surface area contributed by atoms with Gasteiger partial charge in [-0.05, 0) is 49.7 Å². The molecule has 0 saturated carbocycles. The van der Waals surface area contributed by atoms with Crippen LogP contribution in [0.25, 0.3) is 0 Å². The van der Waals surface area contributed by atoms with Gasteiger partial charge in [0.2, 0.25) is 0 Å². The van der Waals surface area contributed by atoms with Crippen LogP contribution in [0.1, 0.15) is 27.8 Å². The Morgan fingerprint density at radius 2 is 1.85 bits per heavy atom. The average Bonchev–Trinajstić information content (AvgIpc) is 2.70. The molecule has 178 valence electrons. The molecule has 1 aliphatic heterocycles. The van der Waals surface area contributed by atoms with E-state index in [2.05, 4.69) is 4.90 Å². The van der Waals surface area contributed by atoms with Gasteiger partial charge in [0.1, 0.15) is 17.3 Å². The number of carbonyl (C=O) groups is 1. The molecule has 1 N–H and O–H groups in total. The van der Waals surface area contributed by atoms with Crippen molar-refractivity contribution in [1.82, 2.24) is 9.80 Å². The van der Waals surface area contributed by atoms with Crippen LogP contribution in [0.3, 0.4) is 0 Å². The fourth-order valence-corrected chi connectivity index (χ4v) is 4.62. The molecular weight excluding hydrogens is 499 g/mol. The van der Waals surface area contributed by atoms with Gasteiger partial charge in [-0.15, -0.1) is 0 Å². The minimum Gasteiger partial charge on any atom is -1.00 e. The third kappa shape index (κ3) is 8.35. The first-order valence-corrected chi connectivity index (χ1v) is 12.1. The predicted octanol–water partition coefficient (Wildman–Crippen LogP) is 3.21. The number of hydrogen-bond acceptors (Lipinski definition) is 5. The van der Waals surface area contributed by atoms with Gasteiger partial charge in [0.25, 0.3) is 16.0 Å². The van der Waals surface area contributed by atoms with E-state index in [1.807, 2.05) is 13.8 Å². The molecule has 0 spiro atoms. The summed E-state index contributed by atoms with van der Waals surface area (Å²) in [6.07, 6.45) is 0. The van der Waals surface area contributed by atoms with Crippen molar-refractivity contribution < 1.29 is 29.7 Å². The standard InChI is InChI=1S/C22H26ClFN2O5S.Ca.2H/c1-15-11-26(16(2)10-25(15)12-17-3-6-20(24)7-4-17)22(27)13-31-21-8-5-19(23)9-18(21)14-32(28,29)30;;;/h3-9,15-16H,10-14H2,1-2H3,(H,28,29,30);;;/q;+2;2*-1/t15-,16+;;;/m0.../s1. The van der Waals surface area contributed by atoms with Gasteiger partial charge in [0.15, 0.2) is 6.61 Å². The number of piperazine rings is 1. The topological polar surface area (TPSA) is 87.2 Å². The Bertz CT molecular complexity index is 1080. The molecule has 0 radical (unpaired) electrons. The Morgan fingerprint density at radius 3 is 2.48 bits per heavy atom. The first-order chi connectivity index (χ1) is 15.0. The van der Waals surface area contributed by atoms with E-state index in [0.717, 1.165) is 5.56 Å². The van der Waals surface area contributed by atoms with Crippen molar-refractivity contribution in [1.29, 1.82) is 0 Å². The largest absolute Gasteiger partial charge is 2.00 e. The van der Waals surface area contributed by atoms with Gasteiger partial charge in [0, 0.05) is 42.3 Å². The van der Waals surface area contributed by atoms with Crippen LogP contribution in [0.5, 0.6) is 5.75 Å². The Kier molecular flexibility index (Phi) is 10.4. The number of carbonyl (C=O) groups excluding carboxylic acids is 1. The number of halogens is 2. The normalized spacial score (nSPS) is 19.1. The van der Waals surface area contributed by atoms with Gasteiger partial charge in [-0.25, -0.2) is 4.39 Å². The van der Waals surface area contributed by atoms with E-state index in [4.69, 9.17) is 20.9 Å². The Labute approximate surface area is 231 Å². The van der Waals surface area contributed by atoms with E-state index in [0.29, 0.717) is 24.7 Å². The minimum absolute atomic E-state index is 0. The smallest absolute Gasteiger partial charge is 1.00 e. The van der Waals surface area contributed by atoms with Crippen LogP contribution >= 0.6 is 11.6 Å². The maximum absolute atomic E-state index is 13.1. The van der Waals surface area contributed by atoms with Gasteiger partial charge in [0.05, 0.1) is 0 Å². The molecule has 11 heteroatoms. The Morgan fingerprint density at radius 1 is 1.18 bits per heavy atom. The second-order valence-electron chi connectivity index (χ2n) is 8.07. The van der Waals surface area contributed by atoms with Gasteiger partial charge in [-0.1, -0.05) is 23.7 Å². The van der Waals surface area contributed by atoms with Crippen LogP contribution in [-0.4, -0.2) is 98.2 Å². The molecule has 1 amide bonds. The van der Waals surface area contributed by atoms with Crippen molar-refractivity contribution >= 4 is 65.4 Å². The predicted molar refractivity (Wildman–Crippen MR) is 128 cm³/mol. The van der Waals surface area contributed by atoms with E-state index < -0.39 is 15.9 Å². The summed E-state index contributed by atoms with van der Waals surface area (Å²) < 4.78 is 50.4. The summed E-state index contributed by atoms with van der Waals surface area (Å²) in [7, 11) is -4.29. The minimum atomic E-state index is -4.29. The van der Waals surface area contributed by atoms with Crippen molar-refractivity contribution in [2.24, 2.45) is 0 Å². The van der Waals surface area contributed by atoms with E-state index >= 15 is 0 Å². The molecule has 0 bridgehead atoms. The molecule has 1 saturated heterocycles. The number of amides is 1. The van der Waals surface area contributed by atoms with Crippen LogP contribution in [0.2, 0.25) is 5.02 Å². The van der Waals surface area contributed by atoms with Crippen molar-refractivity contribution in [3.05, 3.63) is 64.4 Å².